The van der Waals surface area contributed by atoms with Crippen LogP contribution in [0.2, 0.25) is 0 Å². The van der Waals surface area contributed by atoms with Gasteiger partial charge in [0.15, 0.2) is 13.2 Å². The van der Waals surface area contributed by atoms with E-state index in [4.69, 9.17) is 19.4 Å². The molecule has 0 saturated carbocycles. The van der Waals surface area contributed by atoms with Crippen LogP contribution in [0.25, 0.3) is 0 Å². The summed E-state index contributed by atoms with van der Waals surface area (Å²) in [4.78, 5) is 57.0. The maximum absolute atomic E-state index is 12.3. The Morgan fingerprint density at radius 3 is 1.34 bits per heavy atom. The number of hydroxylamine groups is 4. The summed E-state index contributed by atoms with van der Waals surface area (Å²) >= 11 is 0. The fourth-order valence-corrected chi connectivity index (χ4v) is 5.37. The Balaban J connectivity index is 1.94. The third kappa shape index (κ3) is 5.33. The molecule has 2 unspecified atom stereocenters. The molecule has 0 bridgehead atoms. The summed E-state index contributed by atoms with van der Waals surface area (Å²) in [5.41, 5.74) is -1.81. The summed E-state index contributed by atoms with van der Waals surface area (Å²) in [6.07, 6.45) is 1.37. The quantitative estimate of drug-likeness (QED) is 0.507. The van der Waals surface area contributed by atoms with E-state index in [1.165, 1.54) is 13.8 Å². The van der Waals surface area contributed by atoms with Crippen LogP contribution in [0.5, 0.6) is 0 Å². The van der Waals surface area contributed by atoms with Crippen LogP contribution in [-0.2, 0) is 28.9 Å². The van der Waals surface area contributed by atoms with E-state index in [-0.39, 0.29) is 42.1 Å². The second-order valence-electron chi connectivity index (χ2n) is 11.3. The first-order valence-corrected chi connectivity index (χ1v) is 11.1. The lowest BCUT2D eigenvalue weighted by atomic mass is 9.88. The van der Waals surface area contributed by atoms with Gasteiger partial charge in [0.25, 0.3) is 0 Å². The third-order valence-electron chi connectivity index (χ3n) is 6.84. The summed E-state index contributed by atoms with van der Waals surface area (Å²) in [5, 5.41) is 3.55. The van der Waals surface area contributed by atoms with Crippen molar-refractivity contribution < 1.29 is 34.0 Å². The van der Waals surface area contributed by atoms with Gasteiger partial charge in [-0.1, -0.05) is 0 Å². The van der Waals surface area contributed by atoms with E-state index in [2.05, 4.69) is 0 Å². The Hall–Kier alpha value is -1.94. The minimum atomic E-state index is -0.516. The van der Waals surface area contributed by atoms with Gasteiger partial charge < -0.3 is 9.68 Å². The van der Waals surface area contributed by atoms with Crippen molar-refractivity contribution in [3.05, 3.63) is 4.91 Å². The molecular weight excluding hydrogens is 418 g/mol. The normalized spacial score (nSPS) is 28.2. The van der Waals surface area contributed by atoms with Crippen molar-refractivity contribution in [2.45, 2.75) is 104 Å². The molecule has 2 aliphatic rings. The Morgan fingerprint density at radius 2 is 1.06 bits per heavy atom. The summed E-state index contributed by atoms with van der Waals surface area (Å²) < 4.78 is 0. The minimum absolute atomic E-state index is 0.0572. The van der Waals surface area contributed by atoms with Crippen molar-refractivity contribution in [2.75, 3.05) is 13.2 Å². The average Bonchev–Trinajstić information content (AvgIpc) is 2.90. The Labute approximate surface area is 190 Å². The number of carbonyl (C=O) groups is 2. The molecule has 2 aliphatic heterocycles. The predicted molar refractivity (Wildman–Crippen MR) is 115 cm³/mol. The van der Waals surface area contributed by atoms with Crippen LogP contribution in [0, 0.1) is 16.7 Å². The van der Waals surface area contributed by atoms with E-state index in [0.29, 0.717) is 12.8 Å². The monoisotopic (exact) mass is 458 g/mol. The van der Waals surface area contributed by atoms with Crippen molar-refractivity contribution in [3.8, 4) is 0 Å². The first-order chi connectivity index (χ1) is 14.4. The van der Waals surface area contributed by atoms with Crippen molar-refractivity contribution in [1.82, 2.24) is 10.1 Å². The van der Waals surface area contributed by atoms with Crippen LogP contribution < -0.4 is 0 Å². The summed E-state index contributed by atoms with van der Waals surface area (Å²) in [6.45, 7) is 18.8. The first-order valence-electron chi connectivity index (χ1n) is 11.1. The van der Waals surface area contributed by atoms with Gasteiger partial charge in [0.05, 0.1) is 22.2 Å². The van der Waals surface area contributed by atoms with Crippen LogP contribution in [0.3, 0.4) is 0 Å². The van der Waals surface area contributed by atoms with Crippen LogP contribution in [0.1, 0.15) is 82.1 Å². The fourth-order valence-electron chi connectivity index (χ4n) is 5.37. The molecule has 2 rings (SSSR count). The SMILES string of the molecule is CC(=O)ON1C(C)(C)CC(CO[N+](=O)OCC2CC(C)(C)N(OC(C)=O)C2(C)C)C1(C)C. The van der Waals surface area contributed by atoms with Crippen LogP contribution >= 0.6 is 0 Å². The average molecular weight is 459 g/mol. The van der Waals surface area contributed by atoms with Crippen LogP contribution in [0.15, 0.2) is 0 Å². The molecule has 2 saturated heterocycles. The Kier molecular flexibility index (Phi) is 7.22. The Morgan fingerprint density at radius 1 is 0.750 bits per heavy atom. The molecular formula is C22H40N3O7+. The lowest BCUT2D eigenvalue weighted by Crippen LogP contribution is -2.51. The Bertz CT molecular complexity index is 688. The van der Waals surface area contributed by atoms with E-state index in [9.17, 15) is 14.5 Å². The van der Waals surface area contributed by atoms with Gasteiger partial charge in [-0.15, -0.1) is 10.1 Å². The zero-order valence-electron chi connectivity index (χ0n) is 21.2. The van der Waals surface area contributed by atoms with Gasteiger partial charge in [-0.3, -0.25) is 9.59 Å². The van der Waals surface area contributed by atoms with Gasteiger partial charge >= 0.3 is 17.0 Å². The van der Waals surface area contributed by atoms with Crippen molar-refractivity contribution >= 4 is 11.9 Å². The zero-order valence-corrected chi connectivity index (χ0v) is 21.2. The maximum Gasteiger partial charge on any atom is 0.477 e. The molecule has 0 aromatic rings. The molecule has 10 heteroatoms. The highest BCUT2D eigenvalue weighted by Crippen LogP contribution is 2.46. The van der Waals surface area contributed by atoms with E-state index in [0.717, 1.165) is 0 Å². The molecule has 0 aliphatic carbocycles. The second-order valence-corrected chi connectivity index (χ2v) is 11.3. The predicted octanol–water partition coefficient (Wildman–Crippen LogP) is 3.34. The largest absolute Gasteiger partial charge is 0.477 e. The molecule has 2 atom stereocenters. The molecule has 0 N–H and O–H groups in total. The lowest BCUT2D eigenvalue weighted by molar-refractivity contribution is -0.983. The van der Waals surface area contributed by atoms with Gasteiger partial charge in [-0.2, -0.15) is 9.68 Å². The molecule has 184 valence electrons. The maximum atomic E-state index is 12.3. The van der Waals surface area contributed by atoms with Crippen molar-refractivity contribution in [3.63, 3.8) is 0 Å². The molecule has 2 fully saturated rings. The molecule has 0 aromatic heterocycles. The zero-order chi connectivity index (χ0) is 24.7. The minimum Gasteiger partial charge on any atom is -0.367 e. The summed E-state index contributed by atoms with van der Waals surface area (Å²) in [6, 6.07) is 0. The second kappa shape index (κ2) is 8.78. The van der Waals surface area contributed by atoms with Crippen LogP contribution in [0.4, 0.5) is 0 Å². The molecule has 10 nitrogen and oxygen atoms in total. The molecule has 0 radical (unpaired) electrons. The van der Waals surface area contributed by atoms with Gasteiger partial charge in [0.2, 0.25) is 0 Å². The lowest BCUT2D eigenvalue weighted by Gasteiger charge is -2.38. The third-order valence-corrected chi connectivity index (χ3v) is 6.84. The van der Waals surface area contributed by atoms with Gasteiger partial charge in [-0.05, 0) is 68.2 Å². The standard InChI is InChI=1S/C22H40N3O7/c1-15(26)31-23-19(3,4)11-17(21(23,7)8)13-29-25(28)30-14-18-12-20(5,6)24(22(18,9)10)32-16(2)27/h17-18H,11-14H2,1-10H3/q+1. The number of nitrogens with zero attached hydrogens (tertiary/aromatic N) is 3. The number of hydrogen-bond acceptors (Lipinski definition) is 9. The van der Waals surface area contributed by atoms with E-state index in [1.54, 1.807) is 10.1 Å². The summed E-state index contributed by atoms with van der Waals surface area (Å²) in [5.74, 6) is -0.880. The first kappa shape index (κ1) is 26.3. The van der Waals surface area contributed by atoms with Gasteiger partial charge in [0, 0.05) is 25.7 Å². The highest BCUT2D eigenvalue weighted by atomic mass is 17.0. The number of hydrogen-bond donors (Lipinski definition) is 0. The molecule has 0 amide bonds. The molecule has 0 spiro atoms. The smallest absolute Gasteiger partial charge is 0.367 e. The van der Waals surface area contributed by atoms with Crippen molar-refractivity contribution in [1.29, 1.82) is 0 Å². The summed E-state index contributed by atoms with van der Waals surface area (Å²) in [7, 11) is 0. The molecule has 0 aromatic carbocycles. The topological polar surface area (TPSA) is 97.6 Å². The molecule has 2 heterocycles. The highest BCUT2D eigenvalue weighted by Gasteiger charge is 2.56. The van der Waals surface area contributed by atoms with E-state index < -0.39 is 22.2 Å². The van der Waals surface area contributed by atoms with Crippen LogP contribution in [-0.4, -0.2) is 62.5 Å². The highest BCUT2D eigenvalue weighted by molar-refractivity contribution is 5.66. The van der Waals surface area contributed by atoms with E-state index in [1.807, 2.05) is 55.4 Å². The molecule has 32 heavy (non-hydrogen) atoms. The number of rotatable bonds is 8. The van der Waals surface area contributed by atoms with E-state index >= 15 is 0 Å². The fraction of sp³-hybridized carbons (Fsp3) is 0.909. The number of carbonyl (C=O) groups excluding carboxylic acids is 2. The van der Waals surface area contributed by atoms with Gasteiger partial charge in [-0.25, -0.2) is 0 Å². The van der Waals surface area contributed by atoms with Crippen molar-refractivity contribution in [2.24, 2.45) is 11.8 Å². The van der Waals surface area contributed by atoms with Gasteiger partial charge in [0.1, 0.15) is 4.91 Å².